The van der Waals surface area contributed by atoms with Crippen molar-refractivity contribution in [3.63, 3.8) is 0 Å². The van der Waals surface area contributed by atoms with Crippen LogP contribution in [0.5, 0.6) is 0 Å². The number of ether oxygens (including phenoxy) is 1. The third-order valence-corrected chi connectivity index (χ3v) is 4.91. The van der Waals surface area contributed by atoms with Crippen LogP contribution in [-0.2, 0) is 4.74 Å². The number of hydrogen-bond acceptors (Lipinski definition) is 4. The minimum Gasteiger partial charge on any atom is -0.439 e. The lowest BCUT2D eigenvalue weighted by Gasteiger charge is -2.21. The molecule has 6 nitrogen and oxygen atoms in total. The molecule has 134 valence electrons. The number of carbonyl (C=O) groups excluding carboxylic acids is 2. The van der Waals surface area contributed by atoms with E-state index in [0.717, 1.165) is 0 Å². The van der Waals surface area contributed by atoms with E-state index in [9.17, 15) is 14.0 Å². The summed E-state index contributed by atoms with van der Waals surface area (Å²) in [5.41, 5.74) is 0.787. The first kappa shape index (κ1) is 16.5. The highest BCUT2D eigenvalue weighted by Gasteiger charge is 2.49. The number of hydrogen-bond donors (Lipinski definition) is 0. The van der Waals surface area contributed by atoms with Crippen LogP contribution in [-0.4, -0.2) is 59.1 Å². The maximum absolute atomic E-state index is 13.8. The van der Waals surface area contributed by atoms with E-state index in [1.807, 2.05) is 0 Å². The molecule has 4 rings (SSSR count). The first-order chi connectivity index (χ1) is 12.5. The molecule has 2 aromatic rings. The van der Waals surface area contributed by atoms with E-state index in [-0.39, 0.29) is 17.7 Å². The highest BCUT2D eigenvalue weighted by atomic mass is 19.1. The molecule has 1 spiro atoms. The van der Waals surface area contributed by atoms with E-state index in [2.05, 4.69) is 4.98 Å². The van der Waals surface area contributed by atoms with Crippen molar-refractivity contribution >= 4 is 12.0 Å². The number of amides is 2. The second-order valence-electron chi connectivity index (χ2n) is 6.79. The van der Waals surface area contributed by atoms with Crippen molar-refractivity contribution in [3.05, 3.63) is 54.0 Å². The van der Waals surface area contributed by atoms with Gasteiger partial charge >= 0.3 is 6.09 Å². The molecule has 3 heterocycles. The zero-order valence-electron chi connectivity index (χ0n) is 14.3. The Bertz CT molecular complexity index is 871. The van der Waals surface area contributed by atoms with E-state index in [1.165, 1.54) is 23.2 Å². The Morgan fingerprint density at radius 3 is 2.65 bits per heavy atom. The van der Waals surface area contributed by atoms with Gasteiger partial charge in [0.2, 0.25) is 0 Å². The first-order valence-corrected chi connectivity index (χ1v) is 8.42. The predicted molar refractivity (Wildman–Crippen MR) is 92.0 cm³/mol. The Hall–Kier alpha value is -2.96. The molecule has 0 saturated carbocycles. The van der Waals surface area contributed by atoms with Crippen molar-refractivity contribution in [2.24, 2.45) is 0 Å². The van der Waals surface area contributed by atoms with Crippen molar-refractivity contribution in [2.45, 2.75) is 12.0 Å². The standard InChI is InChI=1S/C19H18FN3O3/c1-22-11-19(26-18(22)25)8-10-23(12-19)17(24)14-6-4-13(5-7-14)16-15(20)3-2-9-21-16/h2-7,9H,8,10-12H2,1H3/t19-/m1/s1. The number of likely N-dealkylation sites (N-methyl/N-ethyl adjacent to an activating group) is 1. The number of aromatic nitrogens is 1. The van der Waals surface area contributed by atoms with Crippen LogP contribution >= 0.6 is 0 Å². The van der Waals surface area contributed by atoms with Gasteiger partial charge in [0.1, 0.15) is 11.5 Å². The largest absolute Gasteiger partial charge is 0.439 e. The Morgan fingerprint density at radius 1 is 1.23 bits per heavy atom. The molecular formula is C19H18FN3O3. The monoisotopic (exact) mass is 355 g/mol. The molecule has 26 heavy (non-hydrogen) atoms. The summed E-state index contributed by atoms with van der Waals surface area (Å²) >= 11 is 0. The molecule has 7 heteroatoms. The molecular weight excluding hydrogens is 337 g/mol. The van der Waals surface area contributed by atoms with Crippen molar-refractivity contribution in [2.75, 3.05) is 26.7 Å². The number of pyridine rings is 1. The number of carbonyl (C=O) groups is 2. The third-order valence-electron chi connectivity index (χ3n) is 4.91. The highest BCUT2D eigenvalue weighted by molar-refractivity contribution is 5.95. The van der Waals surface area contributed by atoms with Gasteiger partial charge in [0.05, 0.1) is 13.1 Å². The van der Waals surface area contributed by atoms with E-state index in [1.54, 1.807) is 36.2 Å². The molecule has 2 amide bonds. The van der Waals surface area contributed by atoms with Crippen molar-refractivity contribution in [3.8, 4) is 11.3 Å². The van der Waals surface area contributed by atoms with Crippen molar-refractivity contribution < 1.29 is 18.7 Å². The summed E-state index contributed by atoms with van der Waals surface area (Å²) in [4.78, 5) is 31.7. The quantitative estimate of drug-likeness (QED) is 0.831. The van der Waals surface area contributed by atoms with Gasteiger partial charge in [-0.25, -0.2) is 9.18 Å². The Morgan fingerprint density at radius 2 is 2.00 bits per heavy atom. The summed E-state index contributed by atoms with van der Waals surface area (Å²) in [7, 11) is 1.69. The molecule has 2 aliphatic heterocycles. The number of nitrogens with zero attached hydrogens (tertiary/aromatic N) is 3. The fourth-order valence-corrected chi connectivity index (χ4v) is 3.57. The maximum atomic E-state index is 13.8. The fourth-order valence-electron chi connectivity index (χ4n) is 3.57. The normalized spacial score (nSPS) is 22.2. The summed E-state index contributed by atoms with van der Waals surface area (Å²) in [6, 6.07) is 9.60. The molecule has 1 aromatic carbocycles. The topological polar surface area (TPSA) is 62.7 Å². The smallest absolute Gasteiger partial charge is 0.410 e. The minimum atomic E-state index is -0.599. The molecule has 0 radical (unpaired) electrons. The van der Waals surface area contributed by atoms with Crippen LogP contribution < -0.4 is 0 Å². The summed E-state index contributed by atoms with van der Waals surface area (Å²) in [6.45, 7) is 1.42. The molecule has 0 aliphatic carbocycles. The number of benzene rings is 1. The van der Waals surface area contributed by atoms with Gasteiger partial charge < -0.3 is 14.5 Å². The molecule has 1 aromatic heterocycles. The molecule has 2 saturated heterocycles. The lowest BCUT2D eigenvalue weighted by atomic mass is 10.0. The average Bonchev–Trinajstić information content (AvgIpc) is 3.17. The van der Waals surface area contributed by atoms with Gasteiger partial charge in [-0.05, 0) is 24.3 Å². The van der Waals surface area contributed by atoms with Gasteiger partial charge in [-0.15, -0.1) is 0 Å². The van der Waals surface area contributed by atoms with Crippen LogP contribution in [0, 0.1) is 5.82 Å². The molecule has 0 unspecified atom stereocenters. The number of likely N-dealkylation sites (tertiary alicyclic amines) is 1. The second kappa shape index (κ2) is 6.09. The molecule has 2 fully saturated rings. The number of rotatable bonds is 2. The summed E-state index contributed by atoms with van der Waals surface area (Å²) < 4.78 is 19.3. The molecule has 0 N–H and O–H groups in total. The third kappa shape index (κ3) is 2.79. The lowest BCUT2D eigenvalue weighted by molar-refractivity contribution is 0.0553. The van der Waals surface area contributed by atoms with E-state index >= 15 is 0 Å². The Labute approximate surface area is 150 Å². The van der Waals surface area contributed by atoms with Crippen LogP contribution in [0.3, 0.4) is 0 Å². The van der Waals surface area contributed by atoms with Crippen LogP contribution in [0.15, 0.2) is 42.6 Å². The second-order valence-corrected chi connectivity index (χ2v) is 6.79. The minimum absolute atomic E-state index is 0.125. The van der Waals surface area contributed by atoms with Gasteiger partial charge in [-0.3, -0.25) is 9.78 Å². The average molecular weight is 355 g/mol. The first-order valence-electron chi connectivity index (χ1n) is 8.42. The van der Waals surface area contributed by atoms with Gasteiger partial charge in [0.15, 0.2) is 5.60 Å². The van der Waals surface area contributed by atoms with Crippen molar-refractivity contribution in [1.29, 1.82) is 0 Å². The maximum Gasteiger partial charge on any atom is 0.410 e. The van der Waals surface area contributed by atoms with Gasteiger partial charge in [-0.2, -0.15) is 0 Å². The fraction of sp³-hybridized carbons (Fsp3) is 0.316. The van der Waals surface area contributed by atoms with Gasteiger partial charge in [-0.1, -0.05) is 12.1 Å². The molecule has 0 bridgehead atoms. The van der Waals surface area contributed by atoms with Gasteiger partial charge in [0, 0.05) is 37.3 Å². The Balaban J connectivity index is 1.49. The SMILES string of the molecule is CN1C[C@@]2(CCN(C(=O)c3ccc(-c4ncccc4F)cc3)C2)OC1=O. The van der Waals surface area contributed by atoms with Crippen LogP contribution in [0.2, 0.25) is 0 Å². The molecule has 2 aliphatic rings. The van der Waals surface area contributed by atoms with E-state index in [0.29, 0.717) is 37.2 Å². The van der Waals surface area contributed by atoms with Crippen LogP contribution in [0.4, 0.5) is 9.18 Å². The van der Waals surface area contributed by atoms with Crippen LogP contribution in [0.25, 0.3) is 11.3 Å². The zero-order valence-corrected chi connectivity index (χ0v) is 14.3. The van der Waals surface area contributed by atoms with E-state index < -0.39 is 11.4 Å². The van der Waals surface area contributed by atoms with Gasteiger partial charge in [0.25, 0.3) is 5.91 Å². The molecule has 1 atom stereocenters. The number of halogens is 1. The van der Waals surface area contributed by atoms with E-state index in [4.69, 9.17) is 4.74 Å². The summed E-state index contributed by atoms with van der Waals surface area (Å²) in [5, 5.41) is 0. The highest BCUT2D eigenvalue weighted by Crippen LogP contribution is 2.32. The summed E-state index contributed by atoms with van der Waals surface area (Å²) in [6.07, 6.45) is 1.81. The lowest BCUT2D eigenvalue weighted by Crippen LogP contribution is -2.39. The zero-order chi connectivity index (χ0) is 18.3. The summed E-state index contributed by atoms with van der Waals surface area (Å²) in [5.74, 6) is -0.527. The van der Waals surface area contributed by atoms with Crippen LogP contribution in [0.1, 0.15) is 16.8 Å². The Kier molecular flexibility index (Phi) is 3.86. The van der Waals surface area contributed by atoms with Crippen molar-refractivity contribution in [1.82, 2.24) is 14.8 Å². The predicted octanol–water partition coefficient (Wildman–Crippen LogP) is 2.55.